The summed E-state index contributed by atoms with van der Waals surface area (Å²) in [5.41, 5.74) is 4.80. The molecule has 0 saturated heterocycles. The van der Waals surface area contributed by atoms with E-state index in [1.54, 1.807) is 7.11 Å². The van der Waals surface area contributed by atoms with E-state index < -0.39 is 0 Å². The van der Waals surface area contributed by atoms with Gasteiger partial charge in [0.05, 0.1) is 25.6 Å². The molecule has 27 heavy (non-hydrogen) atoms. The number of methoxy groups -OCH3 is 2. The monoisotopic (exact) mass is 367 g/mol. The summed E-state index contributed by atoms with van der Waals surface area (Å²) in [6.07, 6.45) is 10.1. The number of hydrogen-bond acceptors (Lipinski definition) is 4. The molecule has 1 aliphatic heterocycles. The average Bonchev–Trinajstić information content (AvgIpc) is 3.42. The van der Waals surface area contributed by atoms with Gasteiger partial charge in [-0.1, -0.05) is 6.42 Å². The molecule has 3 rings (SSSR count). The molecule has 0 fully saturated rings. The van der Waals surface area contributed by atoms with Crippen molar-refractivity contribution < 1.29 is 14.3 Å². The Balaban J connectivity index is 1.58. The summed E-state index contributed by atoms with van der Waals surface area (Å²) in [5.74, 6) is 0.611. The third-order valence-corrected chi connectivity index (χ3v) is 4.47. The minimum atomic E-state index is -0.137. The van der Waals surface area contributed by atoms with E-state index in [2.05, 4.69) is 25.8 Å². The topological polar surface area (TPSA) is 79.5 Å². The van der Waals surface area contributed by atoms with Crippen LogP contribution in [0, 0.1) is 0 Å². The molecule has 0 saturated carbocycles. The lowest BCUT2D eigenvalue weighted by Crippen LogP contribution is -1.99. The number of carbonyl (C=O) groups is 1. The van der Waals surface area contributed by atoms with Gasteiger partial charge in [0.15, 0.2) is 0 Å². The number of unbranched alkanes of at least 4 members (excludes halogenated alkanes) is 2. The standard InChI is InChI=1S/C21H25N3O3/c1-26-20-14-18(17-8-6-12-22-17)24-19(20)13-16-11-10-15(23-16)7-4-3-5-9-21(25)27-2/h6,8,10-14,22-23H,3-5,7,9H2,1-2H3. The Hall–Kier alpha value is -3.02. The van der Waals surface area contributed by atoms with Crippen LogP contribution in [0.3, 0.4) is 0 Å². The number of rotatable bonds is 9. The number of aryl methyl sites for hydroxylation is 1. The molecule has 0 radical (unpaired) electrons. The molecule has 3 heterocycles. The van der Waals surface area contributed by atoms with Crippen molar-refractivity contribution in [2.24, 2.45) is 4.99 Å². The molecule has 2 N–H and O–H groups in total. The molecule has 6 nitrogen and oxygen atoms in total. The molecule has 0 aromatic carbocycles. The lowest BCUT2D eigenvalue weighted by atomic mass is 10.1. The summed E-state index contributed by atoms with van der Waals surface area (Å²) in [6.45, 7) is 0. The van der Waals surface area contributed by atoms with Gasteiger partial charge < -0.3 is 19.4 Å². The van der Waals surface area contributed by atoms with Crippen molar-refractivity contribution in [2.45, 2.75) is 32.1 Å². The largest absolute Gasteiger partial charge is 0.494 e. The maximum absolute atomic E-state index is 11.1. The van der Waals surface area contributed by atoms with Gasteiger partial charge in [-0.2, -0.15) is 0 Å². The van der Waals surface area contributed by atoms with Crippen LogP contribution in [0.15, 0.2) is 53.0 Å². The molecule has 6 heteroatoms. The van der Waals surface area contributed by atoms with E-state index in [-0.39, 0.29) is 5.97 Å². The van der Waals surface area contributed by atoms with Crippen molar-refractivity contribution in [2.75, 3.05) is 14.2 Å². The number of hydrogen-bond donors (Lipinski definition) is 2. The zero-order chi connectivity index (χ0) is 19.1. The first kappa shape index (κ1) is 18.8. The number of allylic oxidation sites excluding steroid dienone is 1. The second kappa shape index (κ2) is 9.07. The van der Waals surface area contributed by atoms with Crippen LogP contribution >= 0.6 is 0 Å². The molecule has 142 valence electrons. The minimum absolute atomic E-state index is 0.137. The molecule has 2 aromatic heterocycles. The number of H-pyrrole nitrogens is 2. The zero-order valence-electron chi connectivity index (χ0n) is 15.7. The normalized spacial score (nSPS) is 15.0. The molecule has 0 aliphatic carbocycles. The molecule has 0 amide bonds. The summed E-state index contributed by atoms with van der Waals surface area (Å²) in [5, 5.41) is 0. The van der Waals surface area contributed by atoms with Crippen molar-refractivity contribution in [1.29, 1.82) is 0 Å². The highest BCUT2D eigenvalue weighted by Gasteiger charge is 2.17. The number of nitrogens with one attached hydrogen (secondary N) is 2. The van der Waals surface area contributed by atoms with Crippen LogP contribution in [0.5, 0.6) is 0 Å². The quantitative estimate of drug-likeness (QED) is 0.519. The van der Waals surface area contributed by atoms with Gasteiger partial charge in [-0.3, -0.25) is 4.79 Å². The van der Waals surface area contributed by atoms with E-state index in [0.717, 1.165) is 54.2 Å². The summed E-state index contributed by atoms with van der Waals surface area (Å²) in [7, 11) is 3.08. The number of aliphatic imine (C=N–C) groups is 1. The molecule has 0 atom stereocenters. The fraction of sp³-hybridized carbons (Fsp3) is 0.333. The Morgan fingerprint density at radius 1 is 1.19 bits per heavy atom. The first-order valence-corrected chi connectivity index (χ1v) is 9.14. The number of esters is 1. The van der Waals surface area contributed by atoms with Gasteiger partial charge in [-0.05, 0) is 49.6 Å². The smallest absolute Gasteiger partial charge is 0.305 e. The highest BCUT2D eigenvalue weighted by molar-refractivity contribution is 6.11. The van der Waals surface area contributed by atoms with Gasteiger partial charge in [0.25, 0.3) is 0 Å². The fourth-order valence-corrected chi connectivity index (χ4v) is 3.01. The average molecular weight is 367 g/mol. The van der Waals surface area contributed by atoms with Crippen LogP contribution in [0.2, 0.25) is 0 Å². The van der Waals surface area contributed by atoms with Crippen LogP contribution in [0.4, 0.5) is 0 Å². The predicted octanol–water partition coefficient (Wildman–Crippen LogP) is 3.99. The van der Waals surface area contributed by atoms with Crippen LogP contribution in [-0.4, -0.2) is 35.9 Å². The van der Waals surface area contributed by atoms with Gasteiger partial charge in [-0.25, -0.2) is 4.99 Å². The number of nitrogens with zero attached hydrogens (tertiary/aromatic N) is 1. The Morgan fingerprint density at radius 3 is 2.81 bits per heavy atom. The van der Waals surface area contributed by atoms with Gasteiger partial charge in [0, 0.05) is 30.1 Å². The van der Waals surface area contributed by atoms with Crippen LogP contribution in [-0.2, 0) is 20.7 Å². The Morgan fingerprint density at radius 2 is 2.07 bits per heavy atom. The highest BCUT2D eigenvalue weighted by atomic mass is 16.5. The van der Waals surface area contributed by atoms with Crippen molar-refractivity contribution in [3.05, 3.63) is 65.1 Å². The minimum Gasteiger partial charge on any atom is -0.494 e. The number of ether oxygens (including phenoxy) is 2. The lowest BCUT2D eigenvalue weighted by Gasteiger charge is -2.01. The Labute approximate surface area is 159 Å². The molecule has 1 aliphatic rings. The molecule has 0 spiro atoms. The van der Waals surface area contributed by atoms with Gasteiger partial charge in [-0.15, -0.1) is 0 Å². The summed E-state index contributed by atoms with van der Waals surface area (Å²) in [6, 6.07) is 8.07. The van der Waals surface area contributed by atoms with Crippen LogP contribution in [0.25, 0.3) is 6.08 Å². The zero-order valence-corrected chi connectivity index (χ0v) is 15.7. The van der Waals surface area contributed by atoms with E-state index in [4.69, 9.17) is 4.74 Å². The maximum atomic E-state index is 11.1. The van der Waals surface area contributed by atoms with Crippen LogP contribution < -0.4 is 0 Å². The molecular weight excluding hydrogens is 342 g/mol. The number of aromatic amines is 2. The van der Waals surface area contributed by atoms with Gasteiger partial charge in [0.1, 0.15) is 11.5 Å². The Kier molecular flexibility index (Phi) is 6.30. The maximum Gasteiger partial charge on any atom is 0.305 e. The van der Waals surface area contributed by atoms with Crippen molar-refractivity contribution in [1.82, 2.24) is 9.97 Å². The van der Waals surface area contributed by atoms with Crippen molar-refractivity contribution in [3.8, 4) is 0 Å². The molecular formula is C21H25N3O3. The second-order valence-corrected chi connectivity index (χ2v) is 6.40. The van der Waals surface area contributed by atoms with Gasteiger partial charge >= 0.3 is 5.97 Å². The van der Waals surface area contributed by atoms with E-state index in [1.165, 1.54) is 12.8 Å². The Bertz CT molecular complexity index is 857. The number of aromatic nitrogens is 2. The highest BCUT2D eigenvalue weighted by Crippen LogP contribution is 2.24. The lowest BCUT2D eigenvalue weighted by molar-refractivity contribution is -0.140. The van der Waals surface area contributed by atoms with E-state index in [0.29, 0.717) is 6.42 Å². The first-order chi connectivity index (χ1) is 13.2. The SMILES string of the molecule is COC(=O)CCCCCc1ccc(C=C2N=C(c3ccc[nH]3)C=C2OC)[nH]1. The second-order valence-electron chi connectivity index (χ2n) is 6.40. The van der Waals surface area contributed by atoms with Crippen molar-refractivity contribution >= 4 is 17.8 Å². The molecule has 0 unspecified atom stereocenters. The third-order valence-electron chi connectivity index (χ3n) is 4.47. The third kappa shape index (κ3) is 5.00. The summed E-state index contributed by atoms with van der Waals surface area (Å²) >= 11 is 0. The predicted molar refractivity (Wildman–Crippen MR) is 105 cm³/mol. The summed E-state index contributed by atoms with van der Waals surface area (Å²) < 4.78 is 10.1. The van der Waals surface area contributed by atoms with E-state index >= 15 is 0 Å². The fourth-order valence-electron chi connectivity index (χ4n) is 3.01. The molecule has 2 aromatic rings. The first-order valence-electron chi connectivity index (χ1n) is 9.14. The van der Waals surface area contributed by atoms with E-state index in [9.17, 15) is 4.79 Å². The van der Waals surface area contributed by atoms with Crippen molar-refractivity contribution in [3.63, 3.8) is 0 Å². The van der Waals surface area contributed by atoms with Crippen LogP contribution in [0.1, 0.15) is 42.8 Å². The van der Waals surface area contributed by atoms with E-state index in [1.807, 2.05) is 36.5 Å². The molecule has 0 bridgehead atoms. The van der Waals surface area contributed by atoms with Gasteiger partial charge in [0.2, 0.25) is 0 Å². The summed E-state index contributed by atoms with van der Waals surface area (Å²) in [4.78, 5) is 22.3. The number of carbonyl (C=O) groups excluding carboxylic acids is 1.